The first-order valence-electron chi connectivity index (χ1n) is 9.29. The third-order valence-electron chi connectivity index (χ3n) is 5.02. The molecule has 1 aromatic rings. The van der Waals surface area contributed by atoms with Crippen LogP contribution in [0.15, 0.2) is 23.1 Å². The zero-order valence-corrected chi connectivity index (χ0v) is 17.5. The number of aryl methyl sites for hydroxylation is 1. The molecule has 0 aromatic heterocycles. The first kappa shape index (κ1) is 22.3. The maximum Gasteiger partial charge on any atom is 0.328 e. The number of rotatable bonds is 7. The number of nitrogens with one attached hydrogen (secondary N) is 1. The average molecular weight is 413 g/mol. The minimum absolute atomic E-state index is 0.0447. The van der Waals surface area contributed by atoms with Crippen molar-refractivity contribution >= 4 is 21.9 Å². The van der Waals surface area contributed by atoms with Crippen LogP contribution in [0, 0.1) is 12.8 Å². The number of morpholine rings is 1. The lowest BCUT2D eigenvalue weighted by molar-refractivity contribution is -0.144. The van der Waals surface area contributed by atoms with E-state index in [0.29, 0.717) is 25.2 Å². The van der Waals surface area contributed by atoms with Gasteiger partial charge in [-0.1, -0.05) is 26.3 Å². The molecule has 1 aliphatic heterocycles. The lowest BCUT2D eigenvalue weighted by Crippen LogP contribution is -2.46. The lowest BCUT2D eigenvalue weighted by atomic mass is 9.98. The van der Waals surface area contributed by atoms with Crippen molar-refractivity contribution in [3.05, 3.63) is 29.3 Å². The van der Waals surface area contributed by atoms with Crippen molar-refractivity contribution in [1.29, 1.82) is 0 Å². The fourth-order valence-corrected chi connectivity index (χ4v) is 4.39. The van der Waals surface area contributed by atoms with E-state index in [2.05, 4.69) is 5.32 Å². The molecule has 0 aliphatic carbocycles. The second-order valence-electron chi connectivity index (χ2n) is 6.85. The van der Waals surface area contributed by atoms with Gasteiger partial charge in [0.05, 0.1) is 25.2 Å². The van der Waals surface area contributed by atoms with Gasteiger partial charge in [-0.05, 0) is 30.5 Å². The van der Waals surface area contributed by atoms with Crippen LogP contribution in [0.4, 0.5) is 0 Å². The summed E-state index contributed by atoms with van der Waals surface area (Å²) in [6.07, 6.45) is 0.671. The van der Waals surface area contributed by atoms with Gasteiger partial charge in [-0.15, -0.1) is 0 Å². The molecule has 0 radical (unpaired) electrons. The molecule has 1 saturated heterocycles. The molecule has 1 N–H and O–H groups in total. The molecular formula is C19H28N2O6S. The number of sulfonamides is 1. The Morgan fingerprint density at radius 3 is 2.50 bits per heavy atom. The van der Waals surface area contributed by atoms with E-state index in [1.165, 1.54) is 23.5 Å². The highest BCUT2D eigenvalue weighted by Crippen LogP contribution is 2.21. The Kier molecular flexibility index (Phi) is 7.56. The molecule has 1 aliphatic rings. The lowest BCUT2D eigenvalue weighted by Gasteiger charge is -2.26. The fourth-order valence-electron chi connectivity index (χ4n) is 2.96. The van der Waals surface area contributed by atoms with Gasteiger partial charge in [-0.3, -0.25) is 4.79 Å². The third kappa shape index (κ3) is 4.89. The Morgan fingerprint density at radius 1 is 1.29 bits per heavy atom. The minimum atomic E-state index is -3.72. The summed E-state index contributed by atoms with van der Waals surface area (Å²) in [6, 6.07) is 3.64. The van der Waals surface area contributed by atoms with Gasteiger partial charge in [-0.2, -0.15) is 4.31 Å². The number of ether oxygens (including phenoxy) is 2. The number of carbonyl (C=O) groups excluding carboxylic acids is 2. The number of hydrogen-bond donors (Lipinski definition) is 1. The van der Waals surface area contributed by atoms with Crippen LogP contribution in [0.3, 0.4) is 0 Å². The Hall–Kier alpha value is -1.97. The van der Waals surface area contributed by atoms with Crippen LogP contribution in [-0.4, -0.2) is 64.1 Å². The normalized spacial score (nSPS) is 17.6. The molecule has 2 rings (SSSR count). The average Bonchev–Trinajstić information content (AvgIpc) is 2.71. The number of hydrogen-bond acceptors (Lipinski definition) is 6. The molecule has 1 aromatic carbocycles. The molecule has 156 valence electrons. The van der Waals surface area contributed by atoms with Gasteiger partial charge in [0.15, 0.2) is 0 Å². The van der Waals surface area contributed by atoms with Gasteiger partial charge in [-0.25, -0.2) is 13.2 Å². The molecule has 1 fully saturated rings. The van der Waals surface area contributed by atoms with E-state index in [0.717, 1.165) is 0 Å². The second-order valence-corrected chi connectivity index (χ2v) is 8.79. The summed E-state index contributed by atoms with van der Waals surface area (Å²) in [7, 11) is -2.46. The maximum absolute atomic E-state index is 12.9. The molecule has 1 amide bonds. The number of methoxy groups -OCH3 is 1. The zero-order chi connectivity index (χ0) is 20.9. The van der Waals surface area contributed by atoms with Crippen LogP contribution in [0.5, 0.6) is 0 Å². The van der Waals surface area contributed by atoms with Crippen molar-refractivity contribution in [3.8, 4) is 0 Å². The van der Waals surface area contributed by atoms with E-state index in [4.69, 9.17) is 9.47 Å². The monoisotopic (exact) mass is 412 g/mol. The van der Waals surface area contributed by atoms with E-state index in [-0.39, 0.29) is 29.5 Å². The van der Waals surface area contributed by atoms with Gasteiger partial charge in [0.25, 0.3) is 5.91 Å². The summed E-state index contributed by atoms with van der Waals surface area (Å²) in [6.45, 7) is 6.70. The van der Waals surface area contributed by atoms with Gasteiger partial charge >= 0.3 is 5.97 Å². The highest BCUT2D eigenvalue weighted by molar-refractivity contribution is 7.89. The highest BCUT2D eigenvalue weighted by Gasteiger charge is 2.30. The van der Waals surface area contributed by atoms with E-state index >= 15 is 0 Å². The van der Waals surface area contributed by atoms with E-state index in [9.17, 15) is 18.0 Å². The van der Waals surface area contributed by atoms with Crippen molar-refractivity contribution in [1.82, 2.24) is 9.62 Å². The van der Waals surface area contributed by atoms with Crippen LogP contribution >= 0.6 is 0 Å². The molecule has 1 heterocycles. The Morgan fingerprint density at radius 2 is 1.93 bits per heavy atom. The Labute approximate surface area is 166 Å². The summed E-state index contributed by atoms with van der Waals surface area (Å²) >= 11 is 0. The first-order chi connectivity index (χ1) is 13.2. The number of benzene rings is 1. The van der Waals surface area contributed by atoms with Crippen molar-refractivity contribution in [2.75, 3.05) is 33.4 Å². The molecular weight excluding hydrogens is 384 g/mol. The summed E-state index contributed by atoms with van der Waals surface area (Å²) in [4.78, 5) is 24.9. The predicted molar refractivity (Wildman–Crippen MR) is 103 cm³/mol. The molecule has 0 spiro atoms. The van der Waals surface area contributed by atoms with Crippen LogP contribution in [-0.2, 0) is 24.3 Å². The summed E-state index contributed by atoms with van der Waals surface area (Å²) in [5, 5.41) is 2.69. The first-order valence-corrected chi connectivity index (χ1v) is 10.7. The van der Waals surface area contributed by atoms with E-state index in [1.807, 2.05) is 13.8 Å². The van der Waals surface area contributed by atoms with Gasteiger partial charge in [0.2, 0.25) is 10.0 Å². The number of carbonyl (C=O) groups is 2. The zero-order valence-electron chi connectivity index (χ0n) is 16.7. The summed E-state index contributed by atoms with van der Waals surface area (Å²) in [5.41, 5.74) is 0.831. The standard InChI is InChI=1S/C19H28N2O6S/c1-5-13(2)17(19(23)26-4)20-18(22)16-12-15(7-6-14(16)3)28(24,25)21-8-10-27-11-9-21/h6-7,12-13,17H,5,8-11H2,1-4H3,(H,20,22)/t13-,17+/m0/s1. The fraction of sp³-hybridized carbons (Fsp3) is 0.579. The number of nitrogens with zero attached hydrogens (tertiary/aromatic N) is 1. The van der Waals surface area contributed by atoms with Crippen LogP contribution in [0.2, 0.25) is 0 Å². The summed E-state index contributed by atoms with van der Waals surface area (Å²) in [5.74, 6) is -1.17. The molecule has 0 bridgehead atoms. The minimum Gasteiger partial charge on any atom is -0.467 e. The SMILES string of the molecule is CC[C@H](C)[C@@H](NC(=O)c1cc(S(=O)(=O)N2CCOCC2)ccc1C)C(=O)OC. The second kappa shape index (κ2) is 9.49. The van der Waals surface area contributed by atoms with Crippen molar-refractivity contribution in [2.45, 2.75) is 38.1 Å². The molecule has 28 heavy (non-hydrogen) atoms. The van der Waals surface area contributed by atoms with Gasteiger partial charge in [0, 0.05) is 18.7 Å². The van der Waals surface area contributed by atoms with Crippen LogP contribution in [0.25, 0.3) is 0 Å². The Balaban J connectivity index is 2.31. The number of esters is 1. The van der Waals surface area contributed by atoms with Gasteiger partial charge < -0.3 is 14.8 Å². The smallest absolute Gasteiger partial charge is 0.328 e. The van der Waals surface area contributed by atoms with E-state index in [1.54, 1.807) is 13.0 Å². The highest BCUT2D eigenvalue weighted by atomic mass is 32.2. The molecule has 8 nitrogen and oxygen atoms in total. The van der Waals surface area contributed by atoms with Gasteiger partial charge in [0.1, 0.15) is 6.04 Å². The van der Waals surface area contributed by atoms with Crippen molar-refractivity contribution in [3.63, 3.8) is 0 Å². The predicted octanol–water partition coefficient (Wildman–Crippen LogP) is 1.33. The van der Waals surface area contributed by atoms with Crippen LogP contribution in [0.1, 0.15) is 36.2 Å². The van der Waals surface area contributed by atoms with E-state index < -0.39 is 27.9 Å². The molecule has 0 saturated carbocycles. The quantitative estimate of drug-likeness (QED) is 0.678. The summed E-state index contributed by atoms with van der Waals surface area (Å²) < 4.78 is 37.1. The third-order valence-corrected chi connectivity index (χ3v) is 6.91. The number of amides is 1. The van der Waals surface area contributed by atoms with Crippen molar-refractivity contribution < 1.29 is 27.5 Å². The maximum atomic E-state index is 12.9. The topological polar surface area (TPSA) is 102 Å². The Bertz CT molecular complexity index is 818. The van der Waals surface area contributed by atoms with Crippen molar-refractivity contribution in [2.24, 2.45) is 5.92 Å². The molecule has 0 unspecified atom stereocenters. The van der Waals surface area contributed by atoms with Crippen LogP contribution < -0.4 is 5.32 Å². The molecule has 2 atom stereocenters. The molecule has 9 heteroatoms. The largest absolute Gasteiger partial charge is 0.467 e.